The van der Waals surface area contributed by atoms with Crippen molar-refractivity contribution in [2.24, 2.45) is 22.6 Å². The first-order chi connectivity index (χ1) is 10.2. The number of nitrogens with zero attached hydrogens (tertiary/aromatic N) is 2. The molecule has 116 valence electrons. The number of rotatable bonds is 3. The van der Waals surface area contributed by atoms with Gasteiger partial charge in [0.25, 0.3) is 0 Å². The van der Waals surface area contributed by atoms with Gasteiger partial charge in [-0.2, -0.15) is 5.06 Å². The second-order valence-corrected chi connectivity index (χ2v) is 6.08. The number of piperidine rings is 1. The molecule has 5 N–H and O–H groups in total. The Kier molecular flexibility index (Phi) is 4.70. The highest BCUT2D eigenvalue weighted by Gasteiger charge is 2.25. The first-order valence-corrected chi connectivity index (χ1v) is 7.85. The Labute approximate surface area is 125 Å². The van der Waals surface area contributed by atoms with E-state index in [2.05, 4.69) is 16.7 Å². The Hall–Kier alpha value is -1.21. The number of allylic oxidation sites excluding steroid dienone is 2. The van der Waals surface area contributed by atoms with E-state index in [-0.39, 0.29) is 6.17 Å². The lowest BCUT2D eigenvalue weighted by Gasteiger charge is -2.29. The van der Waals surface area contributed by atoms with Crippen molar-refractivity contribution in [2.75, 3.05) is 26.2 Å². The summed E-state index contributed by atoms with van der Waals surface area (Å²) >= 11 is 0. The van der Waals surface area contributed by atoms with Crippen LogP contribution in [0, 0.1) is 11.8 Å². The van der Waals surface area contributed by atoms with E-state index in [4.69, 9.17) is 10.7 Å². The third kappa shape index (κ3) is 3.52. The van der Waals surface area contributed by atoms with Crippen LogP contribution < -0.4 is 16.4 Å². The van der Waals surface area contributed by atoms with E-state index in [0.29, 0.717) is 18.4 Å². The number of nitrogens with two attached hydrogens (primary N) is 1. The molecule has 6 nitrogen and oxygen atoms in total. The number of nitrogens with one attached hydrogen (secondary N) is 2. The fourth-order valence-electron chi connectivity index (χ4n) is 3.29. The minimum Gasteiger partial charge on any atom is -0.371 e. The van der Waals surface area contributed by atoms with Gasteiger partial charge >= 0.3 is 0 Å². The summed E-state index contributed by atoms with van der Waals surface area (Å²) in [6.07, 6.45) is 9.02. The van der Waals surface area contributed by atoms with Crippen molar-refractivity contribution in [3.8, 4) is 0 Å². The van der Waals surface area contributed by atoms with Crippen LogP contribution in [0.3, 0.4) is 0 Å². The molecular weight excluding hydrogens is 266 g/mol. The monoisotopic (exact) mass is 291 g/mol. The topological polar surface area (TPSA) is 85.9 Å². The Morgan fingerprint density at radius 3 is 2.86 bits per heavy atom. The molecule has 2 saturated heterocycles. The summed E-state index contributed by atoms with van der Waals surface area (Å²) in [4.78, 5) is 4.69. The summed E-state index contributed by atoms with van der Waals surface area (Å²) in [5.74, 6) is 0.857. The zero-order valence-electron chi connectivity index (χ0n) is 12.3. The summed E-state index contributed by atoms with van der Waals surface area (Å²) in [7, 11) is 0. The standard InChI is InChI=1S/C15H25N5O/c16-15-14(19-9-11-4-8-20(21)10-11)13(3-7-18-15)12-1-5-17-6-2-12/h3,7,9,11-12,15,17-18,21H,1-2,4-6,8,10,16H2. The highest BCUT2D eigenvalue weighted by atomic mass is 16.5. The predicted octanol–water partition coefficient (Wildman–Crippen LogP) is 0.424. The van der Waals surface area contributed by atoms with Gasteiger partial charge in [0.15, 0.2) is 0 Å². The van der Waals surface area contributed by atoms with Gasteiger partial charge in [0, 0.05) is 25.2 Å². The van der Waals surface area contributed by atoms with Gasteiger partial charge in [0.05, 0.1) is 5.70 Å². The molecule has 0 aliphatic carbocycles. The van der Waals surface area contributed by atoms with Crippen LogP contribution in [-0.2, 0) is 0 Å². The van der Waals surface area contributed by atoms with Gasteiger partial charge < -0.3 is 21.6 Å². The molecule has 0 aromatic heterocycles. The highest BCUT2D eigenvalue weighted by molar-refractivity contribution is 5.64. The van der Waals surface area contributed by atoms with Crippen LogP contribution in [0.15, 0.2) is 28.5 Å². The molecule has 0 saturated carbocycles. The molecule has 0 aromatic carbocycles. The van der Waals surface area contributed by atoms with Crippen molar-refractivity contribution < 1.29 is 5.21 Å². The second-order valence-electron chi connectivity index (χ2n) is 6.08. The maximum absolute atomic E-state index is 9.45. The number of hydroxylamine groups is 2. The molecule has 0 radical (unpaired) electrons. The summed E-state index contributed by atoms with van der Waals surface area (Å²) in [5, 5.41) is 17.3. The van der Waals surface area contributed by atoms with Crippen LogP contribution >= 0.6 is 0 Å². The fourth-order valence-corrected chi connectivity index (χ4v) is 3.29. The van der Waals surface area contributed by atoms with Crippen LogP contribution in [0.5, 0.6) is 0 Å². The van der Waals surface area contributed by atoms with Gasteiger partial charge in [-0.15, -0.1) is 0 Å². The Morgan fingerprint density at radius 1 is 1.33 bits per heavy atom. The van der Waals surface area contributed by atoms with E-state index in [9.17, 15) is 5.21 Å². The molecule has 3 aliphatic heterocycles. The number of hydrogen-bond donors (Lipinski definition) is 4. The van der Waals surface area contributed by atoms with Crippen molar-refractivity contribution in [1.82, 2.24) is 15.7 Å². The molecule has 0 spiro atoms. The molecule has 0 aromatic rings. The lowest BCUT2D eigenvalue weighted by atomic mass is 9.87. The zero-order valence-corrected chi connectivity index (χ0v) is 12.3. The molecule has 2 fully saturated rings. The Morgan fingerprint density at radius 2 is 2.14 bits per heavy atom. The molecule has 6 heteroatoms. The quantitative estimate of drug-likeness (QED) is 0.566. The van der Waals surface area contributed by atoms with Crippen molar-refractivity contribution in [3.63, 3.8) is 0 Å². The van der Waals surface area contributed by atoms with Gasteiger partial charge in [-0.25, -0.2) is 0 Å². The maximum atomic E-state index is 9.45. The lowest BCUT2D eigenvalue weighted by Crippen LogP contribution is -2.39. The van der Waals surface area contributed by atoms with E-state index >= 15 is 0 Å². The molecule has 2 atom stereocenters. The maximum Gasteiger partial charge on any atom is 0.118 e. The largest absolute Gasteiger partial charge is 0.371 e. The smallest absolute Gasteiger partial charge is 0.118 e. The third-order valence-corrected chi connectivity index (χ3v) is 4.54. The third-order valence-electron chi connectivity index (χ3n) is 4.54. The highest BCUT2D eigenvalue weighted by Crippen LogP contribution is 2.28. The SMILES string of the molecule is NC1NC=CC(C2CCNCC2)=C1N=CC1CCN(O)C1. The molecular formula is C15H25N5O. The van der Waals surface area contributed by atoms with E-state index in [1.54, 1.807) is 0 Å². The van der Waals surface area contributed by atoms with Gasteiger partial charge in [0.2, 0.25) is 0 Å². The van der Waals surface area contributed by atoms with E-state index < -0.39 is 0 Å². The van der Waals surface area contributed by atoms with Crippen molar-refractivity contribution in [2.45, 2.75) is 25.4 Å². The van der Waals surface area contributed by atoms with Gasteiger partial charge in [-0.05, 0) is 56.1 Å². The van der Waals surface area contributed by atoms with E-state index in [1.165, 1.54) is 10.6 Å². The van der Waals surface area contributed by atoms with Crippen molar-refractivity contribution >= 4 is 6.21 Å². The molecule has 3 aliphatic rings. The average molecular weight is 291 g/mol. The molecule has 3 heterocycles. The molecule has 2 unspecified atom stereocenters. The number of dihydropyridines is 1. The Balaban J connectivity index is 1.77. The average Bonchev–Trinajstić information content (AvgIpc) is 2.92. The van der Waals surface area contributed by atoms with E-state index in [1.807, 2.05) is 12.4 Å². The normalized spacial score (nSPS) is 32.1. The minimum atomic E-state index is -0.234. The summed E-state index contributed by atoms with van der Waals surface area (Å²) < 4.78 is 0. The molecule has 0 bridgehead atoms. The molecule has 3 rings (SSSR count). The van der Waals surface area contributed by atoms with Crippen LogP contribution in [0.2, 0.25) is 0 Å². The minimum absolute atomic E-state index is 0.234. The van der Waals surface area contributed by atoms with Crippen LogP contribution in [0.25, 0.3) is 0 Å². The van der Waals surface area contributed by atoms with Gasteiger partial charge in [-0.1, -0.05) is 0 Å². The lowest BCUT2D eigenvalue weighted by molar-refractivity contribution is -0.0694. The van der Waals surface area contributed by atoms with Crippen LogP contribution in [0.4, 0.5) is 0 Å². The zero-order chi connectivity index (χ0) is 14.7. The summed E-state index contributed by atoms with van der Waals surface area (Å²) in [5.41, 5.74) is 8.41. The van der Waals surface area contributed by atoms with Crippen molar-refractivity contribution in [3.05, 3.63) is 23.5 Å². The number of hydrogen-bond acceptors (Lipinski definition) is 6. The van der Waals surface area contributed by atoms with Gasteiger partial charge in [-0.3, -0.25) is 4.99 Å². The van der Waals surface area contributed by atoms with Crippen molar-refractivity contribution in [1.29, 1.82) is 0 Å². The fraction of sp³-hybridized carbons (Fsp3) is 0.667. The number of aliphatic imine (C=N–C) groups is 1. The predicted molar refractivity (Wildman–Crippen MR) is 82.8 cm³/mol. The van der Waals surface area contributed by atoms with Crippen LogP contribution in [-0.4, -0.2) is 48.8 Å². The summed E-state index contributed by atoms with van der Waals surface area (Å²) in [6, 6.07) is 0. The van der Waals surface area contributed by atoms with E-state index in [0.717, 1.165) is 44.6 Å². The molecule has 0 amide bonds. The molecule has 21 heavy (non-hydrogen) atoms. The van der Waals surface area contributed by atoms with Crippen LogP contribution in [0.1, 0.15) is 19.3 Å². The first-order valence-electron chi connectivity index (χ1n) is 7.85. The second kappa shape index (κ2) is 6.70. The van der Waals surface area contributed by atoms with Gasteiger partial charge in [0.1, 0.15) is 6.17 Å². The Bertz CT molecular complexity index is 453. The first kappa shape index (κ1) is 14.7. The summed E-state index contributed by atoms with van der Waals surface area (Å²) in [6.45, 7) is 3.51.